The molecule has 0 atom stereocenters. The predicted octanol–water partition coefficient (Wildman–Crippen LogP) is 1.80. The van der Waals surface area contributed by atoms with Crippen LogP contribution < -0.4 is 5.32 Å². The smallest absolute Gasteiger partial charge is 0.151 e. The van der Waals surface area contributed by atoms with Crippen molar-refractivity contribution in [3.8, 4) is 0 Å². The molecule has 0 spiro atoms. The average molecular weight is 251 g/mol. The van der Waals surface area contributed by atoms with Gasteiger partial charge in [0, 0.05) is 31.6 Å². The second-order valence-electron chi connectivity index (χ2n) is 3.89. The molecular weight excluding hydrogens is 236 g/mol. The SMILES string of the molecule is Cn1cnc(CCNCc2cccc(Cl)c2)n1. The molecule has 0 unspecified atom stereocenters. The van der Waals surface area contributed by atoms with Crippen LogP contribution in [-0.2, 0) is 20.0 Å². The first kappa shape index (κ1) is 12.1. The van der Waals surface area contributed by atoms with Crippen LogP contribution in [0, 0.1) is 0 Å². The third kappa shape index (κ3) is 3.84. The number of aromatic nitrogens is 3. The van der Waals surface area contributed by atoms with Crippen molar-refractivity contribution in [2.75, 3.05) is 6.54 Å². The lowest BCUT2D eigenvalue weighted by atomic mass is 10.2. The minimum atomic E-state index is 0.774. The molecule has 1 aromatic carbocycles. The molecule has 0 saturated heterocycles. The monoisotopic (exact) mass is 250 g/mol. The molecule has 0 radical (unpaired) electrons. The van der Waals surface area contributed by atoms with Crippen LogP contribution in [-0.4, -0.2) is 21.3 Å². The van der Waals surface area contributed by atoms with Gasteiger partial charge in [-0.25, -0.2) is 4.98 Å². The first-order chi connectivity index (χ1) is 8.24. The third-order valence-electron chi connectivity index (χ3n) is 2.39. The Balaban J connectivity index is 1.73. The topological polar surface area (TPSA) is 42.7 Å². The highest BCUT2D eigenvalue weighted by molar-refractivity contribution is 6.30. The molecule has 4 nitrogen and oxygen atoms in total. The number of hydrogen-bond acceptors (Lipinski definition) is 3. The van der Waals surface area contributed by atoms with E-state index in [-0.39, 0.29) is 0 Å². The van der Waals surface area contributed by atoms with Gasteiger partial charge in [-0.3, -0.25) is 4.68 Å². The number of halogens is 1. The van der Waals surface area contributed by atoms with Crippen LogP contribution in [0.15, 0.2) is 30.6 Å². The maximum absolute atomic E-state index is 5.91. The molecule has 0 bridgehead atoms. The molecule has 0 aliphatic carbocycles. The largest absolute Gasteiger partial charge is 0.312 e. The molecule has 0 aliphatic rings. The molecule has 1 N–H and O–H groups in total. The highest BCUT2D eigenvalue weighted by Gasteiger charge is 1.98. The van der Waals surface area contributed by atoms with E-state index in [4.69, 9.17) is 11.6 Å². The molecule has 0 amide bonds. The van der Waals surface area contributed by atoms with Gasteiger partial charge < -0.3 is 5.32 Å². The molecule has 0 saturated carbocycles. The number of benzene rings is 1. The molecule has 0 aliphatic heterocycles. The van der Waals surface area contributed by atoms with Crippen molar-refractivity contribution in [2.45, 2.75) is 13.0 Å². The van der Waals surface area contributed by atoms with Crippen LogP contribution in [0.2, 0.25) is 5.02 Å². The summed E-state index contributed by atoms with van der Waals surface area (Å²) in [6.07, 6.45) is 2.55. The van der Waals surface area contributed by atoms with Crippen LogP contribution in [0.1, 0.15) is 11.4 Å². The van der Waals surface area contributed by atoms with Gasteiger partial charge in [0.15, 0.2) is 5.82 Å². The summed E-state index contributed by atoms with van der Waals surface area (Å²) in [6, 6.07) is 7.86. The van der Waals surface area contributed by atoms with E-state index in [9.17, 15) is 0 Å². The van der Waals surface area contributed by atoms with E-state index >= 15 is 0 Å². The first-order valence-electron chi connectivity index (χ1n) is 5.54. The molecule has 1 aromatic heterocycles. The fourth-order valence-electron chi connectivity index (χ4n) is 1.58. The van der Waals surface area contributed by atoms with E-state index < -0.39 is 0 Å². The standard InChI is InChI=1S/C12H15ClN4/c1-17-9-15-12(16-17)5-6-14-8-10-3-2-4-11(13)7-10/h2-4,7,9,14H,5-6,8H2,1H3. The second-order valence-corrected chi connectivity index (χ2v) is 4.33. The number of hydrogen-bond donors (Lipinski definition) is 1. The summed E-state index contributed by atoms with van der Waals surface area (Å²) in [5, 5.41) is 8.33. The molecule has 90 valence electrons. The zero-order valence-electron chi connectivity index (χ0n) is 9.73. The van der Waals surface area contributed by atoms with E-state index in [0.717, 1.165) is 30.4 Å². The van der Waals surface area contributed by atoms with Crippen molar-refractivity contribution >= 4 is 11.6 Å². The fraction of sp³-hybridized carbons (Fsp3) is 0.333. The maximum Gasteiger partial charge on any atom is 0.151 e. The van der Waals surface area contributed by atoms with Crippen LogP contribution in [0.5, 0.6) is 0 Å². The number of nitrogens with zero attached hydrogens (tertiary/aromatic N) is 3. The van der Waals surface area contributed by atoms with E-state index in [1.54, 1.807) is 11.0 Å². The molecule has 2 aromatic rings. The van der Waals surface area contributed by atoms with Crippen molar-refractivity contribution in [2.24, 2.45) is 7.05 Å². The Kier molecular flexibility index (Phi) is 4.12. The average Bonchev–Trinajstić information content (AvgIpc) is 2.71. The summed E-state index contributed by atoms with van der Waals surface area (Å²) in [7, 11) is 1.87. The van der Waals surface area contributed by atoms with E-state index in [0.29, 0.717) is 0 Å². The van der Waals surface area contributed by atoms with Crippen molar-refractivity contribution in [1.29, 1.82) is 0 Å². The zero-order chi connectivity index (χ0) is 12.1. The van der Waals surface area contributed by atoms with Gasteiger partial charge in [0.2, 0.25) is 0 Å². The van der Waals surface area contributed by atoms with Gasteiger partial charge in [-0.15, -0.1) is 0 Å². The van der Waals surface area contributed by atoms with Gasteiger partial charge in [0.05, 0.1) is 0 Å². The second kappa shape index (κ2) is 5.80. The third-order valence-corrected chi connectivity index (χ3v) is 2.63. The lowest BCUT2D eigenvalue weighted by molar-refractivity contribution is 0.661. The highest BCUT2D eigenvalue weighted by Crippen LogP contribution is 2.10. The molecule has 2 rings (SSSR count). The number of rotatable bonds is 5. The van der Waals surface area contributed by atoms with Crippen LogP contribution in [0.3, 0.4) is 0 Å². The minimum Gasteiger partial charge on any atom is -0.312 e. The quantitative estimate of drug-likeness (QED) is 0.823. The van der Waals surface area contributed by atoms with Gasteiger partial charge in [0.25, 0.3) is 0 Å². The number of nitrogens with one attached hydrogen (secondary N) is 1. The van der Waals surface area contributed by atoms with Gasteiger partial charge in [-0.2, -0.15) is 5.10 Å². The Morgan fingerprint density at radius 1 is 1.41 bits per heavy atom. The van der Waals surface area contributed by atoms with Crippen molar-refractivity contribution < 1.29 is 0 Å². The molecular formula is C12H15ClN4. The molecule has 5 heteroatoms. The first-order valence-corrected chi connectivity index (χ1v) is 5.91. The fourth-order valence-corrected chi connectivity index (χ4v) is 1.79. The Morgan fingerprint density at radius 3 is 3.00 bits per heavy atom. The van der Waals surface area contributed by atoms with E-state index in [1.807, 2.05) is 25.2 Å². The van der Waals surface area contributed by atoms with Gasteiger partial charge in [-0.05, 0) is 17.7 Å². The summed E-state index contributed by atoms with van der Waals surface area (Å²) in [5.41, 5.74) is 1.19. The van der Waals surface area contributed by atoms with Gasteiger partial charge in [0.1, 0.15) is 6.33 Å². The lowest BCUT2D eigenvalue weighted by Crippen LogP contribution is -2.17. The van der Waals surface area contributed by atoms with Crippen molar-refractivity contribution in [1.82, 2.24) is 20.1 Å². The highest BCUT2D eigenvalue weighted by atomic mass is 35.5. The van der Waals surface area contributed by atoms with E-state index in [1.165, 1.54) is 5.56 Å². The van der Waals surface area contributed by atoms with Gasteiger partial charge >= 0.3 is 0 Å². The zero-order valence-corrected chi connectivity index (χ0v) is 10.5. The maximum atomic E-state index is 5.91. The molecule has 0 fully saturated rings. The number of aryl methyl sites for hydroxylation is 1. The van der Waals surface area contributed by atoms with E-state index in [2.05, 4.69) is 21.5 Å². The Labute approximate surface area is 106 Å². The Bertz CT molecular complexity index is 481. The van der Waals surface area contributed by atoms with Crippen molar-refractivity contribution in [3.05, 3.63) is 47.0 Å². The Morgan fingerprint density at radius 2 is 2.29 bits per heavy atom. The summed E-state index contributed by atoms with van der Waals surface area (Å²) in [6.45, 7) is 1.67. The minimum absolute atomic E-state index is 0.774. The summed E-state index contributed by atoms with van der Waals surface area (Å²) in [4.78, 5) is 4.17. The van der Waals surface area contributed by atoms with Crippen LogP contribution in [0.4, 0.5) is 0 Å². The lowest BCUT2D eigenvalue weighted by Gasteiger charge is -2.03. The molecule has 1 heterocycles. The van der Waals surface area contributed by atoms with Crippen molar-refractivity contribution in [3.63, 3.8) is 0 Å². The van der Waals surface area contributed by atoms with Crippen LogP contribution in [0.25, 0.3) is 0 Å². The predicted molar refractivity (Wildman–Crippen MR) is 67.9 cm³/mol. The summed E-state index contributed by atoms with van der Waals surface area (Å²) in [5.74, 6) is 0.867. The summed E-state index contributed by atoms with van der Waals surface area (Å²) >= 11 is 5.91. The Hall–Kier alpha value is -1.39. The normalized spacial score (nSPS) is 10.7. The summed E-state index contributed by atoms with van der Waals surface area (Å²) < 4.78 is 1.71. The van der Waals surface area contributed by atoms with Gasteiger partial charge in [-0.1, -0.05) is 23.7 Å². The van der Waals surface area contributed by atoms with Crippen LogP contribution >= 0.6 is 11.6 Å². The molecule has 17 heavy (non-hydrogen) atoms.